The highest BCUT2D eigenvalue weighted by atomic mass is 35.5. The Morgan fingerprint density at radius 3 is 2.15 bits per heavy atom. The van der Waals surface area contributed by atoms with Crippen molar-refractivity contribution < 1.29 is 19.1 Å². The number of likely N-dealkylation sites (N-methyl/N-ethyl adjacent to an activating group) is 1. The second kappa shape index (κ2) is 11.9. The van der Waals surface area contributed by atoms with Crippen molar-refractivity contribution in [2.24, 2.45) is 0 Å². The van der Waals surface area contributed by atoms with Crippen molar-refractivity contribution in [2.45, 2.75) is 19.0 Å². The molecule has 0 aliphatic rings. The summed E-state index contributed by atoms with van der Waals surface area (Å²) in [7, 11) is 3.15. The Bertz CT molecular complexity index is 1040. The number of carbonyl (C=O) groups is 2. The molecule has 1 atom stereocenters. The van der Waals surface area contributed by atoms with Crippen molar-refractivity contribution in [3.8, 4) is 11.5 Å². The van der Waals surface area contributed by atoms with Crippen LogP contribution in [0, 0.1) is 0 Å². The van der Waals surface area contributed by atoms with Gasteiger partial charge >= 0.3 is 0 Å². The third-order valence-corrected chi connectivity index (χ3v) is 5.46. The van der Waals surface area contributed by atoms with Crippen LogP contribution in [0.5, 0.6) is 11.5 Å². The van der Waals surface area contributed by atoms with Crippen molar-refractivity contribution in [3.63, 3.8) is 0 Å². The lowest BCUT2D eigenvalue weighted by Crippen LogP contribution is -2.51. The largest absolute Gasteiger partial charge is 0.497 e. The van der Waals surface area contributed by atoms with Crippen LogP contribution in [0.4, 0.5) is 0 Å². The summed E-state index contributed by atoms with van der Waals surface area (Å²) in [6.07, 6.45) is 0.377. The quantitative estimate of drug-likeness (QED) is 0.488. The number of hydrogen-bond donors (Lipinski definition) is 1. The van der Waals surface area contributed by atoms with Gasteiger partial charge in [0.1, 0.15) is 17.5 Å². The van der Waals surface area contributed by atoms with E-state index in [9.17, 15) is 9.59 Å². The molecule has 0 bridgehead atoms. The van der Waals surface area contributed by atoms with Crippen LogP contribution in [0.25, 0.3) is 0 Å². The minimum Gasteiger partial charge on any atom is -0.497 e. The number of rotatable bonds is 10. The van der Waals surface area contributed by atoms with Crippen molar-refractivity contribution in [1.82, 2.24) is 10.2 Å². The van der Waals surface area contributed by atoms with Gasteiger partial charge in [0.25, 0.3) is 5.91 Å². The van der Waals surface area contributed by atoms with Crippen molar-refractivity contribution >= 4 is 23.4 Å². The van der Waals surface area contributed by atoms with Gasteiger partial charge in [0, 0.05) is 25.0 Å². The van der Waals surface area contributed by atoms with Crippen molar-refractivity contribution in [2.75, 3.05) is 20.8 Å². The molecule has 33 heavy (non-hydrogen) atoms. The second-order valence-corrected chi connectivity index (χ2v) is 7.87. The molecule has 1 N–H and O–H groups in total. The van der Waals surface area contributed by atoms with E-state index in [0.29, 0.717) is 22.9 Å². The Balaban J connectivity index is 1.84. The summed E-state index contributed by atoms with van der Waals surface area (Å²) in [4.78, 5) is 27.8. The highest BCUT2D eigenvalue weighted by molar-refractivity contribution is 6.30. The summed E-state index contributed by atoms with van der Waals surface area (Å²) in [6, 6.07) is 23.1. The monoisotopic (exact) mass is 466 g/mol. The van der Waals surface area contributed by atoms with Gasteiger partial charge in [-0.2, -0.15) is 0 Å². The molecule has 0 unspecified atom stereocenters. The topological polar surface area (TPSA) is 67.9 Å². The number of amides is 2. The van der Waals surface area contributed by atoms with Gasteiger partial charge in [-0.05, 0) is 47.5 Å². The van der Waals surface area contributed by atoms with Gasteiger partial charge in [-0.15, -0.1) is 0 Å². The molecule has 172 valence electrons. The predicted octanol–water partition coefficient (Wildman–Crippen LogP) is 4.11. The summed E-state index contributed by atoms with van der Waals surface area (Å²) >= 11 is 6.02. The Labute approximate surface area is 199 Å². The number of nitrogens with one attached hydrogen (secondary N) is 1. The lowest BCUT2D eigenvalue weighted by Gasteiger charge is -2.31. The minimum atomic E-state index is -0.708. The van der Waals surface area contributed by atoms with Gasteiger partial charge in [-0.3, -0.25) is 9.59 Å². The SMILES string of the molecule is CNC(=O)[C@@H](Cc1ccccc1)N(Cc1ccc(Cl)cc1)C(=O)COc1ccc(OC)cc1. The fourth-order valence-corrected chi connectivity index (χ4v) is 3.53. The zero-order chi connectivity index (χ0) is 23.6. The molecule has 0 saturated carbocycles. The molecule has 3 rings (SSSR count). The molecule has 0 fully saturated rings. The Morgan fingerprint density at radius 2 is 1.55 bits per heavy atom. The molecule has 0 saturated heterocycles. The fraction of sp³-hybridized carbons (Fsp3) is 0.231. The average Bonchev–Trinajstić information content (AvgIpc) is 2.86. The first-order valence-electron chi connectivity index (χ1n) is 10.6. The number of carbonyl (C=O) groups excluding carboxylic acids is 2. The zero-order valence-electron chi connectivity index (χ0n) is 18.7. The van der Waals surface area contributed by atoms with Crippen molar-refractivity contribution in [1.29, 1.82) is 0 Å². The lowest BCUT2D eigenvalue weighted by molar-refractivity contribution is -0.142. The van der Waals surface area contributed by atoms with Gasteiger partial charge < -0.3 is 19.7 Å². The van der Waals surface area contributed by atoms with Crippen LogP contribution in [0.15, 0.2) is 78.9 Å². The van der Waals surface area contributed by atoms with Crippen LogP contribution in [0.3, 0.4) is 0 Å². The molecule has 3 aromatic rings. The van der Waals surface area contributed by atoms with E-state index < -0.39 is 6.04 Å². The Kier molecular flexibility index (Phi) is 8.72. The lowest BCUT2D eigenvalue weighted by atomic mass is 10.0. The Hall–Kier alpha value is -3.51. The summed E-state index contributed by atoms with van der Waals surface area (Å²) in [5, 5.41) is 3.30. The molecule has 0 aliphatic heterocycles. The molecule has 0 spiro atoms. The standard InChI is InChI=1S/C26H27ClN2O4/c1-28-26(31)24(16-19-6-4-3-5-7-19)29(17-20-8-10-21(27)11-9-20)25(30)18-33-23-14-12-22(32-2)13-15-23/h3-15,24H,16-18H2,1-2H3,(H,28,31)/t24-/m1/s1. The maximum atomic E-state index is 13.3. The summed E-state index contributed by atoms with van der Waals surface area (Å²) in [6.45, 7) is 0.0368. The zero-order valence-corrected chi connectivity index (χ0v) is 19.4. The molecule has 2 amide bonds. The van der Waals surface area contributed by atoms with E-state index in [-0.39, 0.29) is 25.0 Å². The molecule has 0 radical (unpaired) electrons. The second-order valence-electron chi connectivity index (χ2n) is 7.43. The van der Waals surface area contributed by atoms with Gasteiger partial charge in [-0.25, -0.2) is 0 Å². The van der Waals surface area contributed by atoms with Gasteiger partial charge in [-0.1, -0.05) is 54.1 Å². The minimum absolute atomic E-state index is 0.206. The predicted molar refractivity (Wildman–Crippen MR) is 128 cm³/mol. The average molecular weight is 467 g/mol. The Morgan fingerprint density at radius 1 is 0.909 bits per heavy atom. The van der Waals surface area contributed by atoms with Crippen LogP contribution >= 0.6 is 11.6 Å². The molecule has 6 nitrogen and oxygen atoms in total. The van der Waals surface area contributed by atoms with E-state index in [1.807, 2.05) is 42.5 Å². The first-order valence-corrected chi connectivity index (χ1v) is 10.9. The van der Waals surface area contributed by atoms with Crippen molar-refractivity contribution in [3.05, 3.63) is 95.0 Å². The number of methoxy groups -OCH3 is 1. The van der Waals surface area contributed by atoms with Crippen LogP contribution < -0.4 is 14.8 Å². The molecule has 0 heterocycles. The van der Waals surface area contributed by atoms with Crippen LogP contribution in [-0.2, 0) is 22.6 Å². The van der Waals surface area contributed by atoms with E-state index in [1.165, 1.54) is 0 Å². The number of benzene rings is 3. The van der Waals surface area contributed by atoms with Gasteiger partial charge in [0.2, 0.25) is 5.91 Å². The third kappa shape index (κ3) is 6.99. The smallest absolute Gasteiger partial charge is 0.261 e. The molecule has 3 aromatic carbocycles. The van der Waals surface area contributed by atoms with Gasteiger partial charge in [0.15, 0.2) is 6.61 Å². The molecule has 0 aromatic heterocycles. The van der Waals surface area contributed by atoms with Gasteiger partial charge in [0.05, 0.1) is 7.11 Å². The highest BCUT2D eigenvalue weighted by Crippen LogP contribution is 2.19. The maximum absolute atomic E-state index is 13.3. The van der Waals surface area contributed by atoms with Crippen LogP contribution in [0.2, 0.25) is 5.02 Å². The van der Waals surface area contributed by atoms with E-state index in [4.69, 9.17) is 21.1 Å². The number of hydrogen-bond acceptors (Lipinski definition) is 4. The first-order chi connectivity index (χ1) is 16.0. The summed E-state index contributed by atoms with van der Waals surface area (Å²) < 4.78 is 10.9. The number of halogens is 1. The van der Waals surface area contributed by atoms with E-state index >= 15 is 0 Å². The highest BCUT2D eigenvalue weighted by Gasteiger charge is 2.30. The number of nitrogens with zero attached hydrogens (tertiary/aromatic N) is 1. The fourth-order valence-electron chi connectivity index (χ4n) is 3.41. The third-order valence-electron chi connectivity index (χ3n) is 5.21. The molecular weight excluding hydrogens is 440 g/mol. The summed E-state index contributed by atoms with van der Waals surface area (Å²) in [5.74, 6) is 0.687. The maximum Gasteiger partial charge on any atom is 0.261 e. The van der Waals surface area contributed by atoms with E-state index in [2.05, 4.69) is 5.32 Å². The van der Waals surface area contributed by atoms with Crippen LogP contribution in [-0.4, -0.2) is 43.5 Å². The van der Waals surface area contributed by atoms with Crippen LogP contribution in [0.1, 0.15) is 11.1 Å². The molecular formula is C26H27ClN2O4. The first kappa shape index (κ1) is 24.1. The normalized spacial score (nSPS) is 11.4. The van der Waals surface area contributed by atoms with E-state index in [0.717, 1.165) is 11.1 Å². The van der Waals surface area contributed by atoms with E-state index in [1.54, 1.807) is 55.5 Å². The molecule has 0 aliphatic carbocycles. The molecule has 7 heteroatoms. The number of ether oxygens (including phenoxy) is 2. The summed E-state index contributed by atoms with van der Waals surface area (Å²) in [5.41, 5.74) is 1.82.